The van der Waals surface area contributed by atoms with Gasteiger partial charge in [-0.2, -0.15) is 5.26 Å². The molecular weight excluding hydrogens is 206 g/mol. The minimum absolute atomic E-state index is 0.0223. The van der Waals surface area contributed by atoms with E-state index in [1.165, 1.54) is 23.4 Å². The maximum atomic E-state index is 11.9. The number of nitriles is 1. The van der Waals surface area contributed by atoms with Crippen molar-refractivity contribution < 1.29 is 9.90 Å². The Morgan fingerprint density at radius 2 is 2.44 bits per heavy atom. The van der Waals surface area contributed by atoms with Crippen molar-refractivity contribution in [3.63, 3.8) is 0 Å². The molecule has 0 aromatic carbocycles. The van der Waals surface area contributed by atoms with Crippen LogP contribution >= 0.6 is 0 Å². The summed E-state index contributed by atoms with van der Waals surface area (Å²) in [5, 5.41) is 18.1. The molecule has 5 heteroatoms. The van der Waals surface area contributed by atoms with Gasteiger partial charge in [0, 0.05) is 12.7 Å². The largest absolute Gasteiger partial charge is 0.505 e. The van der Waals surface area contributed by atoms with Crippen molar-refractivity contribution in [2.45, 2.75) is 13.3 Å². The molecule has 0 saturated carbocycles. The fourth-order valence-electron chi connectivity index (χ4n) is 1.34. The summed E-state index contributed by atoms with van der Waals surface area (Å²) in [4.78, 5) is 17.0. The van der Waals surface area contributed by atoms with Gasteiger partial charge in [-0.1, -0.05) is 6.92 Å². The standard InChI is InChI=1S/C11H13N3O2/c1-2-6-14(7-4-12)11(16)9-3-5-13-8-10(9)15/h3,5,8,15H,2,6-7H2,1H3. The maximum absolute atomic E-state index is 11.9. The number of nitrogens with zero attached hydrogens (tertiary/aromatic N) is 3. The van der Waals surface area contributed by atoms with Gasteiger partial charge in [0.1, 0.15) is 12.3 Å². The van der Waals surface area contributed by atoms with Gasteiger partial charge < -0.3 is 10.0 Å². The summed E-state index contributed by atoms with van der Waals surface area (Å²) >= 11 is 0. The predicted octanol–water partition coefficient (Wildman–Crippen LogP) is 1.16. The number of amides is 1. The summed E-state index contributed by atoms with van der Waals surface area (Å²) in [5.74, 6) is -0.505. The van der Waals surface area contributed by atoms with Crippen LogP contribution in [0.5, 0.6) is 5.75 Å². The average molecular weight is 219 g/mol. The van der Waals surface area contributed by atoms with E-state index < -0.39 is 0 Å². The third kappa shape index (κ3) is 2.70. The summed E-state index contributed by atoms with van der Waals surface area (Å²) in [5.41, 5.74) is 0.179. The molecule has 0 fully saturated rings. The minimum atomic E-state index is -0.344. The molecule has 0 spiro atoms. The van der Waals surface area contributed by atoms with Crippen molar-refractivity contribution in [2.75, 3.05) is 13.1 Å². The number of hydrogen-bond donors (Lipinski definition) is 1. The number of aromatic hydroxyl groups is 1. The molecule has 1 rings (SSSR count). The Morgan fingerprint density at radius 1 is 1.69 bits per heavy atom. The van der Waals surface area contributed by atoms with Crippen molar-refractivity contribution in [1.29, 1.82) is 5.26 Å². The van der Waals surface area contributed by atoms with Gasteiger partial charge >= 0.3 is 0 Å². The summed E-state index contributed by atoms with van der Waals surface area (Å²) < 4.78 is 0. The molecule has 0 unspecified atom stereocenters. The van der Waals surface area contributed by atoms with E-state index in [9.17, 15) is 9.90 Å². The van der Waals surface area contributed by atoms with Crippen LogP contribution in [0, 0.1) is 11.3 Å². The van der Waals surface area contributed by atoms with Gasteiger partial charge in [0.2, 0.25) is 0 Å². The van der Waals surface area contributed by atoms with Crippen molar-refractivity contribution in [3.8, 4) is 11.8 Å². The lowest BCUT2D eigenvalue weighted by molar-refractivity contribution is 0.0773. The predicted molar refractivity (Wildman–Crippen MR) is 57.7 cm³/mol. The molecule has 84 valence electrons. The van der Waals surface area contributed by atoms with Gasteiger partial charge in [0.15, 0.2) is 0 Å². The smallest absolute Gasteiger partial charge is 0.258 e. The van der Waals surface area contributed by atoms with Crippen LogP contribution < -0.4 is 0 Å². The van der Waals surface area contributed by atoms with Crippen molar-refractivity contribution in [1.82, 2.24) is 9.88 Å². The molecule has 1 aromatic rings. The monoisotopic (exact) mass is 219 g/mol. The molecule has 0 aliphatic heterocycles. The molecule has 0 aliphatic rings. The SMILES string of the molecule is CCCN(CC#N)C(=O)c1ccncc1O. The van der Waals surface area contributed by atoms with Gasteiger partial charge in [-0.15, -0.1) is 0 Å². The number of aromatic nitrogens is 1. The molecular formula is C11H13N3O2. The second-order valence-electron chi connectivity index (χ2n) is 3.28. The lowest BCUT2D eigenvalue weighted by Crippen LogP contribution is -2.32. The van der Waals surface area contributed by atoms with E-state index in [1.807, 2.05) is 13.0 Å². The molecule has 0 saturated heterocycles. The molecule has 1 N–H and O–H groups in total. The summed E-state index contributed by atoms with van der Waals surface area (Å²) in [6.07, 6.45) is 3.41. The third-order valence-electron chi connectivity index (χ3n) is 2.07. The molecule has 0 aliphatic carbocycles. The van der Waals surface area contributed by atoms with E-state index in [4.69, 9.17) is 5.26 Å². The van der Waals surface area contributed by atoms with Crippen molar-refractivity contribution in [2.24, 2.45) is 0 Å². The second kappa shape index (κ2) is 5.71. The van der Waals surface area contributed by atoms with Crippen molar-refractivity contribution >= 4 is 5.91 Å². The third-order valence-corrected chi connectivity index (χ3v) is 2.07. The summed E-state index contributed by atoms with van der Waals surface area (Å²) in [7, 11) is 0. The Balaban J connectivity index is 2.91. The number of pyridine rings is 1. The Labute approximate surface area is 93.9 Å². The number of hydrogen-bond acceptors (Lipinski definition) is 4. The van der Waals surface area contributed by atoms with Crippen LogP contribution in [0.2, 0.25) is 0 Å². The normalized spacial score (nSPS) is 9.50. The molecule has 1 heterocycles. The number of carbonyl (C=O) groups excluding carboxylic acids is 1. The summed E-state index contributed by atoms with van der Waals surface area (Å²) in [6.45, 7) is 2.44. The highest BCUT2D eigenvalue weighted by Crippen LogP contribution is 2.16. The van der Waals surface area contributed by atoms with Crippen LogP contribution in [-0.2, 0) is 0 Å². The quantitative estimate of drug-likeness (QED) is 0.771. The van der Waals surface area contributed by atoms with Crippen LogP contribution in [0.15, 0.2) is 18.5 Å². The Hall–Kier alpha value is -2.09. The highest BCUT2D eigenvalue weighted by molar-refractivity contribution is 5.96. The molecule has 0 radical (unpaired) electrons. The first-order valence-corrected chi connectivity index (χ1v) is 5.00. The zero-order chi connectivity index (χ0) is 12.0. The first kappa shape index (κ1) is 12.0. The van der Waals surface area contributed by atoms with Gasteiger partial charge in [0.05, 0.1) is 17.8 Å². The zero-order valence-electron chi connectivity index (χ0n) is 9.05. The molecule has 16 heavy (non-hydrogen) atoms. The fraction of sp³-hybridized carbons (Fsp3) is 0.364. The first-order valence-electron chi connectivity index (χ1n) is 5.00. The van der Waals surface area contributed by atoms with Crippen LogP contribution in [0.25, 0.3) is 0 Å². The average Bonchev–Trinajstić information content (AvgIpc) is 2.28. The molecule has 1 aromatic heterocycles. The summed E-state index contributed by atoms with van der Waals surface area (Å²) in [6, 6.07) is 3.37. The zero-order valence-corrected chi connectivity index (χ0v) is 9.05. The van der Waals surface area contributed by atoms with Crippen LogP contribution in [0.3, 0.4) is 0 Å². The minimum Gasteiger partial charge on any atom is -0.505 e. The second-order valence-corrected chi connectivity index (χ2v) is 3.28. The molecule has 0 bridgehead atoms. The van der Waals surface area contributed by atoms with Gasteiger partial charge in [-0.25, -0.2) is 0 Å². The lowest BCUT2D eigenvalue weighted by atomic mass is 10.2. The van der Waals surface area contributed by atoms with Gasteiger partial charge in [0.25, 0.3) is 5.91 Å². The molecule has 1 amide bonds. The van der Waals surface area contributed by atoms with Gasteiger partial charge in [-0.3, -0.25) is 9.78 Å². The molecule has 5 nitrogen and oxygen atoms in total. The van der Waals surface area contributed by atoms with Crippen molar-refractivity contribution in [3.05, 3.63) is 24.0 Å². The Bertz CT molecular complexity index is 412. The topological polar surface area (TPSA) is 77.2 Å². The van der Waals surface area contributed by atoms with E-state index in [1.54, 1.807) is 0 Å². The Morgan fingerprint density at radius 3 is 3.00 bits per heavy atom. The van der Waals surface area contributed by atoms with Crippen LogP contribution in [0.1, 0.15) is 23.7 Å². The van der Waals surface area contributed by atoms with E-state index in [-0.39, 0.29) is 23.8 Å². The van der Waals surface area contributed by atoms with E-state index in [0.717, 1.165) is 6.42 Å². The maximum Gasteiger partial charge on any atom is 0.258 e. The highest BCUT2D eigenvalue weighted by Gasteiger charge is 2.17. The molecule has 0 atom stereocenters. The van der Waals surface area contributed by atoms with E-state index in [0.29, 0.717) is 6.54 Å². The Kier molecular flexibility index (Phi) is 4.28. The van der Waals surface area contributed by atoms with E-state index in [2.05, 4.69) is 4.98 Å². The number of rotatable bonds is 4. The highest BCUT2D eigenvalue weighted by atomic mass is 16.3. The number of carbonyl (C=O) groups is 1. The van der Waals surface area contributed by atoms with Crippen LogP contribution in [0.4, 0.5) is 0 Å². The van der Waals surface area contributed by atoms with E-state index >= 15 is 0 Å². The van der Waals surface area contributed by atoms with Gasteiger partial charge in [-0.05, 0) is 12.5 Å². The van der Waals surface area contributed by atoms with Crippen LogP contribution in [-0.4, -0.2) is 34.0 Å². The lowest BCUT2D eigenvalue weighted by Gasteiger charge is -2.18. The first-order chi connectivity index (χ1) is 7.70. The fourth-order valence-corrected chi connectivity index (χ4v) is 1.34.